The lowest BCUT2D eigenvalue weighted by molar-refractivity contribution is -0.130. The Morgan fingerprint density at radius 3 is 2.36 bits per heavy atom. The van der Waals surface area contributed by atoms with E-state index in [1.807, 2.05) is 24.4 Å². The molecule has 2 aromatic carbocycles. The summed E-state index contributed by atoms with van der Waals surface area (Å²) in [6.07, 6.45) is 1.81. The largest absolute Gasteiger partial charge is 0.347 e. The molecule has 5 heteroatoms. The first kappa shape index (κ1) is 19.5. The standard InChI is InChI=1S/C23H25N3O2/c1-14-12-15(2)21-20(13-14)19(10-11-24-21)17-6-8-18(9-7-17)22(27)25-16(3)23(28)26(4)5/h6-13,16H,1-5H3,(H,25,27)/t16-/m1/s1. The fraction of sp³-hybridized carbons (Fsp3) is 0.261. The third kappa shape index (κ3) is 3.88. The number of carbonyl (C=O) groups excluding carboxylic acids is 2. The number of amides is 2. The maximum Gasteiger partial charge on any atom is 0.251 e. The van der Waals surface area contributed by atoms with Crippen LogP contribution < -0.4 is 5.32 Å². The van der Waals surface area contributed by atoms with Gasteiger partial charge in [-0.25, -0.2) is 0 Å². The number of rotatable bonds is 4. The van der Waals surface area contributed by atoms with Gasteiger partial charge in [-0.1, -0.05) is 23.8 Å². The summed E-state index contributed by atoms with van der Waals surface area (Å²) < 4.78 is 0. The molecule has 144 valence electrons. The molecule has 28 heavy (non-hydrogen) atoms. The predicted octanol–water partition coefficient (Wildman–Crippen LogP) is 3.73. The maximum absolute atomic E-state index is 12.4. The van der Waals surface area contributed by atoms with Gasteiger partial charge in [0.2, 0.25) is 5.91 Å². The molecule has 0 aliphatic carbocycles. The van der Waals surface area contributed by atoms with Crippen molar-refractivity contribution in [1.29, 1.82) is 0 Å². The summed E-state index contributed by atoms with van der Waals surface area (Å²) in [6.45, 7) is 5.82. The average molecular weight is 375 g/mol. The zero-order valence-electron chi connectivity index (χ0n) is 16.9. The fourth-order valence-corrected chi connectivity index (χ4v) is 3.39. The van der Waals surface area contributed by atoms with Crippen LogP contribution in [0, 0.1) is 13.8 Å². The monoisotopic (exact) mass is 375 g/mol. The number of aryl methyl sites for hydroxylation is 2. The number of pyridine rings is 1. The summed E-state index contributed by atoms with van der Waals surface area (Å²) in [4.78, 5) is 30.4. The lowest BCUT2D eigenvalue weighted by Gasteiger charge is -2.18. The Hall–Kier alpha value is -3.21. The lowest BCUT2D eigenvalue weighted by Crippen LogP contribution is -2.44. The molecule has 0 unspecified atom stereocenters. The minimum absolute atomic E-state index is 0.140. The number of nitrogens with one attached hydrogen (secondary N) is 1. The Bertz CT molecular complexity index is 1040. The minimum atomic E-state index is -0.572. The van der Waals surface area contributed by atoms with Crippen molar-refractivity contribution in [2.24, 2.45) is 0 Å². The van der Waals surface area contributed by atoms with E-state index < -0.39 is 6.04 Å². The van der Waals surface area contributed by atoms with Crippen molar-refractivity contribution in [2.75, 3.05) is 14.1 Å². The van der Waals surface area contributed by atoms with Gasteiger partial charge in [0.15, 0.2) is 0 Å². The highest BCUT2D eigenvalue weighted by atomic mass is 16.2. The molecule has 0 radical (unpaired) electrons. The molecule has 0 bridgehead atoms. The van der Waals surface area contributed by atoms with Crippen LogP contribution in [0.4, 0.5) is 0 Å². The van der Waals surface area contributed by atoms with E-state index in [1.165, 1.54) is 10.5 Å². The first-order valence-electron chi connectivity index (χ1n) is 9.26. The molecule has 2 amide bonds. The number of likely N-dealkylation sites (N-methyl/N-ethyl adjacent to an activating group) is 1. The molecule has 0 spiro atoms. The second-order valence-corrected chi connectivity index (χ2v) is 7.34. The van der Waals surface area contributed by atoms with Crippen molar-refractivity contribution in [3.8, 4) is 11.1 Å². The fourth-order valence-electron chi connectivity index (χ4n) is 3.39. The smallest absolute Gasteiger partial charge is 0.251 e. The highest BCUT2D eigenvalue weighted by Crippen LogP contribution is 2.30. The van der Waals surface area contributed by atoms with E-state index >= 15 is 0 Å². The number of hydrogen-bond donors (Lipinski definition) is 1. The zero-order chi connectivity index (χ0) is 20.4. The summed E-state index contributed by atoms with van der Waals surface area (Å²) in [5.74, 6) is -0.403. The molecule has 0 fully saturated rings. The van der Waals surface area contributed by atoms with Gasteiger partial charge in [-0.3, -0.25) is 14.6 Å². The van der Waals surface area contributed by atoms with Crippen LogP contribution in [0.3, 0.4) is 0 Å². The van der Waals surface area contributed by atoms with Crippen molar-refractivity contribution in [1.82, 2.24) is 15.2 Å². The van der Waals surface area contributed by atoms with Crippen LogP contribution in [0.15, 0.2) is 48.7 Å². The molecule has 1 atom stereocenters. The Balaban J connectivity index is 1.88. The van der Waals surface area contributed by atoms with Crippen molar-refractivity contribution in [3.63, 3.8) is 0 Å². The second kappa shape index (κ2) is 7.80. The summed E-state index contributed by atoms with van der Waals surface area (Å²) >= 11 is 0. The Kier molecular flexibility index (Phi) is 5.45. The molecular weight excluding hydrogens is 350 g/mol. The van der Waals surface area contributed by atoms with Gasteiger partial charge < -0.3 is 10.2 Å². The first-order chi connectivity index (χ1) is 13.3. The highest BCUT2D eigenvalue weighted by molar-refractivity contribution is 5.99. The van der Waals surface area contributed by atoms with Crippen molar-refractivity contribution in [2.45, 2.75) is 26.8 Å². The van der Waals surface area contributed by atoms with Crippen LogP contribution >= 0.6 is 0 Å². The van der Waals surface area contributed by atoms with Gasteiger partial charge in [-0.15, -0.1) is 0 Å². The van der Waals surface area contributed by atoms with Gasteiger partial charge in [0.1, 0.15) is 6.04 Å². The Morgan fingerprint density at radius 1 is 1.04 bits per heavy atom. The van der Waals surface area contributed by atoms with Crippen LogP contribution in [0.5, 0.6) is 0 Å². The van der Waals surface area contributed by atoms with Gasteiger partial charge in [0.05, 0.1) is 5.52 Å². The van der Waals surface area contributed by atoms with Crippen molar-refractivity contribution in [3.05, 3.63) is 65.4 Å². The van der Waals surface area contributed by atoms with Crippen LogP contribution in [0.1, 0.15) is 28.4 Å². The maximum atomic E-state index is 12.4. The highest BCUT2D eigenvalue weighted by Gasteiger charge is 2.18. The SMILES string of the molecule is Cc1cc(C)c2nccc(-c3ccc(C(=O)N[C@H](C)C(=O)N(C)C)cc3)c2c1. The van der Waals surface area contributed by atoms with Crippen LogP contribution in [0.2, 0.25) is 0 Å². The molecule has 5 nitrogen and oxygen atoms in total. The summed E-state index contributed by atoms with van der Waals surface area (Å²) in [5, 5.41) is 3.84. The van der Waals surface area contributed by atoms with E-state index in [9.17, 15) is 9.59 Å². The number of benzene rings is 2. The van der Waals surface area contributed by atoms with Crippen LogP contribution in [0.25, 0.3) is 22.0 Å². The third-order valence-electron chi connectivity index (χ3n) is 4.80. The van der Waals surface area contributed by atoms with Crippen LogP contribution in [-0.4, -0.2) is 41.8 Å². The van der Waals surface area contributed by atoms with E-state index in [0.29, 0.717) is 5.56 Å². The molecule has 0 aliphatic heterocycles. The summed E-state index contributed by atoms with van der Waals surface area (Å²) in [6, 6.07) is 13.1. The van der Waals surface area contributed by atoms with Gasteiger partial charge in [-0.05, 0) is 61.7 Å². The van der Waals surface area contributed by atoms with E-state index in [-0.39, 0.29) is 11.8 Å². The topological polar surface area (TPSA) is 62.3 Å². The summed E-state index contributed by atoms with van der Waals surface area (Å²) in [7, 11) is 3.34. The molecule has 1 N–H and O–H groups in total. The summed E-state index contributed by atoms with van der Waals surface area (Å²) in [5.41, 5.74) is 5.95. The van der Waals surface area contributed by atoms with Crippen molar-refractivity contribution < 1.29 is 9.59 Å². The molecule has 0 aliphatic rings. The minimum Gasteiger partial charge on any atom is -0.347 e. The quantitative estimate of drug-likeness (QED) is 0.756. The molecule has 3 aromatic rings. The van der Waals surface area contributed by atoms with Gasteiger partial charge in [0.25, 0.3) is 5.91 Å². The number of fused-ring (bicyclic) bond motifs is 1. The molecule has 3 rings (SSSR count). The van der Waals surface area contributed by atoms with Gasteiger partial charge in [-0.2, -0.15) is 0 Å². The molecule has 0 saturated carbocycles. The number of aromatic nitrogens is 1. The van der Waals surface area contributed by atoms with Crippen LogP contribution in [-0.2, 0) is 4.79 Å². The molecule has 1 aromatic heterocycles. The normalized spacial score (nSPS) is 11.9. The number of nitrogens with zero attached hydrogens (tertiary/aromatic N) is 2. The lowest BCUT2D eigenvalue weighted by atomic mass is 9.97. The Morgan fingerprint density at radius 2 is 1.71 bits per heavy atom. The van der Waals surface area contributed by atoms with Crippen molar-refractivity contribution >= 4 is 22.7 Å². The van der Waals surface area contributed by atoms with Gasteiger partial charge >= 0.3 is 0 Å². The Labute approximate surface area is 165 Å². The molecule has 1 heterocycles. The van der Waals surface area contributed by atoms with E-state index in [2.05, 4.69) is 36.3 Å². The number of carbonyl (C=O) groups is 2. The van der Waals surface area contributed by atoms with E-state index in [1.54, 1.807) is 33.2 Å². The molecule has 0 saturated heterocycles. The second-order valence-electron chi connectivity index (χ2n) is 7.34. The third-order valence-corrected chi connectivity index (χ3v) is 4.80. The predicted molar refractivity (Wildman–Crippen MR) is 112 cm³/mol. The first-order valence-corrected chi connectivity index (χ1v) is 9.26. The van der Waals surface area contributed by atoms with Gasteiger partial charge in [0, 0.05) is 31.2 Å². The zero-order valence-corrected chi connectivity index (χ0v) is 16.9. The average Bonchev–Trinajstić information content (AvgIpc) is 2.66. The van der Waals surface area contributed by atoms with E-state index in [0.717, 1.165) is 27.6 Å². The molecular formula is C23H25N3O2. The number of hydrogen-bond acceptors (Lipinski definition) is 3. The van der Waals surface area contributed by atoms with E-state index in [4.69, 9.17) is 0 Å².